The zero-order valence-corrected chi connectivity index (χ0v) is 21.6. The van der Waals surface area contributed by atoms with Crippen LogP contribution in [-0.2, 0) is 25.7 Å². The molecule has 13 nitrogen and oxygen atoms in total. The van der Waals surface area contributed by atoms with Gasteiger partial charge in [0.15, 0.2) is 5.16 Å². The first-order chi connectivity index (χ1) is 17.2. The summed E-state index contributed by atoms with van der Waals surface area (Å²) >= 11 is 3.82. The number of thioether (sulfide) groups is 2. The van der Waals surface area contributed by atoms with E-state index in [4.69, 9.17) is 10.5 Å². The molecule has 2 aliphatic heterocycles. The molecule has 5 N–H and O–H groups in total. The normalized spacial score (nSPS) is 22.0. The van der Waals surface area contributed by atoms with E-state index in [1.807, 2.05) is 6.92 Å². The van der Waals surface area contributed by atoms with Crippen molar-refractivity contribution in [1.29, 1.82) is 0 Å². The number of nitrogens with two attached hydrogens (primary N) is 1. The summed E-state index contributed by atoms with van der Waals surface area (Å²) in [6.45, 7) is 2.53. The molecule has 16 heteroatoms. The lowest BCUT2D eigenvalue weighted by atomic mass is 9.97. The molecule has 2 aromatic rings. The molecule has 0 aliphatic carbocycles. The molecule has 2 aromatic heterocycles. The van der Waals surface area contributed by atoms with E-state index >= 15 is 0 Å². The third kappa shape index (κ3) is 4.56. The Balaban J connectivity index is 1.56. The number of β-lactam (4-membered cyclic amide) rings is 1. The van der Waals surface area contributed by atoms with Gasteiger partial charge in [0.05, 0.1) is 0 Å². The first-order valence-electron chi connectivity index (χ1n) is 10.6. The highest BCUT2D eigenvalue weighted by molar-refractivity contribution is 8.01. The molecule has 4 heterocycles. The fourth-order valence-electron chi connectivity index (χ4n) is 3.91. The number of carbonyl (C=O) groups is 4. The van der Waals surface area contributed by atoms with Crippen LogP contribution in [-0.4, -0.2) is 78.3 Å². The molecule has 4 rings (SSSR count). The number of urea groups is 1. The van der Waals surface area contributed by atoms with Crippen LogP contribution in [0, 0.1) is 0 Å². The number of thiophene rings is 1. The van der Waals surface area contributed by atoms with Crippen molar-refractivity contribution in [2.24, 2.45) is 5.73 Å². The molecular weight excluding hydrogens is 530 g/mol. The second-order valence-corrected chi connectivity index (χ2v) is 10.6. The lowest BCUT2D eigenvalue weighted by Crippen LogP contribution is -2.81. The number of carbonyl (C=O) groups excluding carboxylic acids is 3. The number of methoxy groups -OCH3 is 1. The summed E-state index contributed by atoms with van der Waals surface area (Å²) in [5, 5.41) is 20.5. The van der Waals surface area contributed by atoms with Crippen LogP contribution in [0.4, 0.5) is 4.79 Å². The van der Waals surface area contributed by atoms with Gasteiger partial charge in [0, 0.05) is 30.0 Å². The van der Waals surface area contributed by atoms with Crippen LogP contribution in [0.5, 0.6) is 0 Å². The quantitative estimate of drug-likeness (QED) is 0.184. The van der Waals surface area contributed by atoms with Crippen molar-refractivity contribution in [3.05, 3.63) is 40.0 Å². The van der Waals surface area contributed by atoms with Gasteiger partial charge in [0.2, 0.25) is 0 Å². The van der Waals surface area contributed by atoms with Crippen LogP contribution in [0.2, 0.25) is 0 Å². The standard InChI is InChI=1S/C20H23N7O6S3/c1-3-26-19(22-9-23-26)36-8-10-7-35-17-20(33-2,16(31)27(17)13(10)15(29)30)25-14(28)12(24-18(21)32)11-5-4-6-34-11/h4-6,9,12,17H,3,7-8H2,1-2H3,(H,25,28)(H,29,30)(H3,21,24,32)/t12?,17?,20-/m1/s1. The average Bonchev–Trinajstić information content (AvgIpc) is 3.55. The Hall–Kier alpha value is -3.08. The maximum atomic E-state index is 13.3. The van der Waals surface area contributed by atoms with Crippen molar-refractivity contribution < 1.29 is 29.0 Å². The second-order valence-electron chi connectivity index (χ2n) is 7.63. The van der Waals surface area contributed by atoms with Gasteiger partial charge in [-0.1, -0.05) is 17.8 Å². The molecule has 1 saturated heterocycles. The number of rotatable bonds is 10. The molecule has 4 amide bonds. The molecule has 0 bridgehead atoms. The van der Waals surface area contributed by atoms with E-state index in [9.17, 15) is 24.3 Å². The molecule has 0 radical (unpaired) electrons. The molecule has 2 unspecified atom stereocenters. The first-order valence-corrected chi connectivity index (χ1v) is 13.5. The summed E-state index contributed by atoms with van der Waals surface area (Å²) in [4.78, 5) is 56.0. The molecule has 0 saturated carbocycles. The lowest BCUT2D eigenvalue weighted by molar-refractivity contribution is -0.192. The lowest BCUT2D eigenvalue weighted by Gasteiger charge is -2.56. The van der Waals surface area contributed by atoms with E-state index in [2.05, 4.69) is 20.7 Å². The van der Waals surface area contributed by atoms with Gasteiger partial charge in [-0.05, 0) is 23.9 Å². The third-order valence-corrected chi connectivity index (χ3v) is 8.95. The summed E-state index contributed by atoms with van der Waals surface area (Å²) < 4.78 is 7.17. The van der Waals surface area contributed by atoms with Crippen LogP contribution >= 0.6 is 34.9 Å². The van der Waals surface area contributed by atoms with E-state index in [1.54, 1.807) is 22.2 Å². The van der Waals surface area contributed by atoms with Crippen molar-refractivity contribution >= 4 is 58.7 Å². The van der Waals surface area contributed by atoms with Gasteiger partial charge in [-0.3, -0.25) is 14.5 Å². The number of hydrogen-bond donors (Lipinski definition) is 4. The summed E-state index contributed by atoms with van der Waals surface area (Å²) in [7, 11) is 1.25. The van der Waals surface area contributed by atoms with Crippen LogP contribution in [0.15, 0.2) is 40.3 Å². The zero-order valence-electron chi connectivity index (χ0n) is 19.2. The first kappa shape index (κ1) is 26.0. The van der Waals surface area contributed by atoms with Gasteiger partial charge in [-0.15, -0.1) is 23.1 Å². The SMILES string of the molecule is CCn1ncnc1SCC1=C(C(=O)O)N2C(=O)[C@@](NC(=O)C(NC(N)=O)c3cccs3)(OC)C2SC1. The zero-order chi connectivity index (χ0) is 26.0. The maximum Gasteiger partial charge on any atom is 0.352 e. The minimum Gasteiger partial charge on any atom is -0.477 e. The number of aliphatic carboxylic acids is 1. The Morgan fingerprint density at radius 1 is 1.44 bits per heavy atom. The van der Waals surface area contributed by atoms with E-state index in [0.29, 0.717) is 27.9 Å². The molecule has 3 atom stereocenters. The van der Waals surface area contributed by atoms with E-state index in [1.165, 1.54) is 48.3 Å². The molecule has 1 fully saturated rings. The minimum absolute atomic E-state index is 0.147. The molecular formula is C20H23N7O6S3. The number of nitrogens with zero attached hydrogens (tertiary/aromatic N) is 4. The van der Waals surface area contributed by atoms with Crippen LogP contribution in [0.25, 0.3) is 0 Å². The number of nitrogens with one attached hydrogen (secondary N) is 2. The number of aromatic nitrogens is 3. The second kappa shape index (κ2) is 10.5. The molecule has 192 valence electrons. The molecule has 2 aliphatic rings. The van der Waals surface area contributed by atoms with Crippen molar-refractivity contribution in [2.45, 2.75) is 35.8 Å². The Morgan fingerprint density at radius 3 is 2.83 bits per heavy atom. The topological polar surface area (TPSA) is 182 Å². The van der Waals surface area contributed by atoms with Gasteiger partial charge in [0.25, 0.3) is 17.5 Å². The maximum absolute atomic E-state index is 13.3. The van der Waals surface area contributed by atoms with Crippen molar-refractivity contribution in [1.82, 2.24) is 30.3 Å². The highest BCUT2D eigenvalue weighted by Crippen LogP contribution is 2.47. The van der Waals surface area contributed by atoms with Gasteiger partial charge in [-0.2, -0.15) is 5.10 Å². The molecule has 0 aromatic carbocycles. The summed E-state index contributed by atoms with van der Waals surface area (Å²) in [6.07, 6.45) is 1.43. The third-order valence-electron chi connectivity index (χ3n) is 5.57. The minimum atomic E-state index is -1.81. The fourth-order valence-corrected chi connectivity index (χ4v) is 7.24. The number of aryl methyl sites for hydroxylation is 1. The van der Waals surface area contributed by atoms with Crippen molar-refractivity contribution in [3.8, 4) is 0 Å². The molecule has 36 heavy (non-hydrogen) atoms. The monoisotopic (exact) mass is 553 g/mol. The van der Waals surface area contributed by atoms with E-state index in [0.717, 1.165) is 4.90 Å². The van der Waals surface area contributed by atoms with Gasteiger partial charge in [-0.25, -0.2) is 19.3 Å². The largest absolute Gasteiger partial charge is 0.477 e. The number of ether oxygens (including phenoxy) is 1. The van der Waals surface area contributed by atoms with Crippen LogP contribution in [0.3, 0.4) is 0 Å². The number of primary amides is 1. The molecule has 0 spiro atoms. The predicted octanol–water partition coefficient (Wildman–Crippen LogP) is 0.574. The Kier molecular flexibility index (Phi) is 7.58. The number of carboxylic acid groups (broad SMARTS) is 1. The van der Waals surface area contributed by atoms with Crippen molar-refractivity contribution in [2.75, 3.05) is 18.6 Å². The average molecular weight is 554 g/mol. The van der Waals surface area contributed by atoms with Crippen LogP contribution in [0.1, 0.15) is 17.8 Å². The number of amides is 4. The van der Waals surface area contributed by atoms with Gasteiger partial charge in [0.1, 0.15) is 23.4 Å². The highest BCUT2D eigenvalue weighted by atomic mass is 32.2. The summed E-state index contributed by atoms with van der Waals surface area (Å²) in [5.41, 5.74) is 3.83. The Labute approximate surface area is 217 Å². The van der Waals surface area contributed by atoms with Crippen molar-refractivity contribution in [3.63, 3.8) is 0 Å². The van der Waals surface area contributed by atoms with Gasteiger partial charge >= 0.3 is 12.0 Å². The summed E-state index contributed by atoms with van der Waals surface area (Å²) in [6, 6.07) is 1.28. The van der Waals surface area contributed by atoms with Gasteiger partial charge < -0.3 is 26.2 Å². The highest BCUT2D eigenvalue weighted by Gasteiger charge is 2.67. The van der Waals surface area contributed by atoms with E-state index in [-0.39, 0.29) is 11.4 Å². The smallest absolute Gasteiger partial charge is 0.352 e. The number of fused-ring (bicyclic) bond motifs is 1. The fraction of sp³-hybridized carbons (Fsp3) is 0.400. The van der Waals surface area contributed by atoms with E-state index < -0.39 is 41.0 Å². The summed E-state index contributed by atoms with van der Waals surface area (Å²) in [5.74, 6) is -2.12. The number of carboxylic acids is 1. The Morgan fingerprint density at radius 2 is 2.22 bits per heavy atom. The predicted molar refractivity (Wildman–Crippen MR) is 132 cm³/mol. The Bertz CT molecular complexity index is 1220. The van der Waals surface area contributed by atoms with Crippen LogP contribution < -0.4 is 16.4 Å². The number of hydrogen-bond acceptors (Lipinski definition) is 10.